The summed E-state index contributed by atoms with van der Waals surface area (Å²) in [4.78, 5) is 22.6. The van der Waals surface area contributed by atoms with E-state index < -0.39 is 17.9 Å². The highest BCUT2D eigenvalue weighted by Crippen LogP contribution is 2.27. The molecule has 0 radical (unpaired) electrons. The Morgan fingerprint density at radius 1 is 1.50 bits per heavy atom. The molecule has 0 unspecified atom stereocenters. The molecule has 1 amide bonds. The number of nitrogens with one attached hydrogen (secondary N) is 1. The molecule has 110 valence electrons. The molecular formula is C13H15BrClNO4. The highest BCUT2D eigenvalue weighted by molar-refractivity contribution is 9.10. The zero-order valence-corrected chi connectivity index (χ0v) is 13.2. The van der Waals surface area contributed by atoms with Gasteiger partial charge in [0.25, 0.3) is 5.91 Å². The van der Waals surface area contributed by atoms with Crippen molar-refractivity contribution in [2.24, 2.45) is 0 Å². The Bertz CT molecular complexity index is 495. The average molecular weight is 365 g/mol. The van der Waals surface area contributed by atoms with E-state index in [1.54, 1.807) is 18.2 Å². The van der Waals surface area contributed by atoms with Crippen molar-refractivity contribution in [3.05, 3.63) is 27.7 Å². The second-order valence-electron chi connectivity index (χ2n) is 4.11. The second kappa shape index (κ2) is 8.11. The molecule has 1 atom stereocenters. The molecule has 5 nitrogen and oxygen atoms in total. The number of ether oxygens (including phenoxy) is 1. The molecule has 0 saturated carbocycles. The van der Waals surface area contributed by atoms with Gasteiger partial charge in [0, 0.05) is 5.02 Å². The van der Waals surface area contributed by atoms with E-state index in [0.29, 0.717) is 28.1 Å². The zero-order valence-electron chi connectivity index (χ0n) is 10.9. The molecule has 0 heterocycles. The van der Waals surface area contributed by atoms with Gasteiger partial charge in [0.1, 0.15) is 11.8 Å². The minimum Gasteiger partial charge on any atom is -0.483 e. The first kappa shape index (κ1) is 16.8. The van der Waals surface area contributed by atoms with Crippen molar-refractivity contribution < 1.29 is 19.4 Å². The van der Waals surface area contributed by atoms with Gasteiger partial charge in [0.15, 0.2) is 6.61 Å². The monoisotopic (exact) mass is 363 g/mol. The van der Waals surface area contributed by atoms with Gasteiger partial charge >= 0.3 is 5.97 Å². The van der Waals surface area contributed by atoms with Crippen molar-refractivity contribution in [1.29, 1.82) is 0 Å². The van der Waals surface area contributed by atoms with E-state index in [0.717, 1.165) is 0 Å². The molecule has 1 aromatic rings. The summed E-state index contributed by atoms with van der Waals surface area (Å²) in [5.41, 5.74) is 0. The van der Waals surface area contributed by atoms with Crippen LogP contribution in [0.4, 0.5) is 0 Å². The van der Waals surface area contributed by atoms with Crippen LogP contribution in [0.3, 0.4) is 0 Å². The summed E-state index contributed by atoms with van der Waals surface area (Å²) in [6, 6.07) is 4.02. The first-order valence-electron chi connectivity index (χ1n) is 6.04. The number of hydrogen-bond donors (Lipinski definition) is 2. The van der Waals surface area contributed by atoms with Gasteiger partial charge in [-0.2, -0.15) is 0 Å². The number of hydrogen-bond acceptors (Lipinski definition) is 3. The van der Waals surface area contributed by atoms with Crippen LogP contribution in [0.2, 0.25) is 5.02 Å². The predicted octanol–water partition coefficient (Wildman–Crippen LogP) is 2.85. The van der Waals surface area contributed by atoms with E-state index in [1.807, 2.05) is 6.92 Å². The van der Waals surface area contributed by atoms with E-state index in [2.05, 4.69) is 21.2 Å². The standard InChI is InChI=1S/C13H15BrClNO4/c1-2-3-10(13(18)19)16-12(17)7-20-11-5-4-8(15)6-9(11)14/h4-6,10H,2-3,7H2,1H3,(H,16,17)(H,18,19)/t10-/m1/s1. The van der Waals surface area contributed by atoms with Gasteiger partial charge < -0.3 is 15.2 Å². The Kier molecular flexibility index (Phi) is 6.81. The van der Waals surface area contributed by atoms with Crippen LogP contribution < -0.4 is 10.1 Å². The molecule has 0 bridgehead atoms. The Hall–Kier alpha value is -1.27. The molecule has 0 aromatic heterocycles. The van der Waals surface area contributed by atoms with Crippen molar-refractivity contribution in [3.8, 4) is 5.75 Å². The number of carbonyl (C=O) groups excluding carboxylic acids is 1. The third-order valence-electron chi connectivity index (χ3n) is 2.46. The van der Waals surface area contributed by atoms with Crippen LogP contribution in [0, 0.1) is 0 Å². The summed E-state index contributed by atoms with van der Waals surface area (Å²) in [5, 5.41) is 11.9. The molecule has 0 aliphatic rings. The minimum absolute atomic E-state index is 0.256. The normalized spacial score (nSPS) is 11.8. The maximum atomic E-state index is 11.6. The number of carboxylic acids is 1. The van der Waals surface area contributed by atoms with Crippen LogP contribution in [-0.4, -0.2) is 29.6 Å². The lowest BCUT2D eigenvalue weighted by Crippen LogP contribution is -2.42. The lowest BCUT2D eigenvalue weighted by molar-refractivity contribution is -0.142. The first-order valence-corrected chi connectivity index (χ1v) is 7.21. The average Bonchev–Trinajstić information content (AvgIpc) is 2.37. The molecule has 1 aromatic carbocycles. The number of benzene rings is 1. The van der Waals surface area contributed by atoms with Gasteiger partial charge in [-0.1, -0.05) is 24.9 Å². The molecule has 0 aliphatic carbocycles. The van der Waals surface area contributed by atoms with Crippen molar-refractivity contribution in [3.63, 3.8) is 0 Å². The maximum Gasteiger partial charge on any atom is 0.326 e. The molecule has 7 heteroatoms. The lowest BCUT2D eigenvalue weighted by Gasteiger charge is -2.14. The second-order valence-corrected chi connectivity index (χ2v) is 5.40. The third kappa shape index (κ3) is 5.38. The van der Waals surface area contributed by atoms with E-state index >= 15 is 0 Å². The Morgan fingerprint density at radius 3 is 2.75 bits per heavy atom. The number of aliphatic carboxylic acids is 1. The summed E-state index contributed by atoms with van der Waals surface area (Å²) in [5.74, 6) is -1.06. The topological polar surface area (TPSA) is 75.6 Å². The van der Waals surface area contributed by atoms with E-state index in [-0.39, 0.29) is 6.61 Å². The van der Waals surface area contributed by atoms with Crippen LogP contribution in [-0.2, 0) is 9.59 Å². The van der Waals surface area contributed by atoms with Gasteiger partial charge in [-0.05, 0) is 40.5 Å². The van der Waals surface area contributed by atoms with Crippen LogP contribution in [0.5, 0.6) is 5.75 Å². The summed E-state index contributed by atoms with van der Waals surface area (Å²) in [6.45, 7) is 1.59. The van der Waals surface area contributed by atoms with Gasteiger partial charge in [-0.3, -0.25) is 4.79 Å². The Balaban J connectivity index is 2.52. The molecule has 20 heavy (non-hydrogen) atoms. The third-order valence-corrected chi connectivity index (χ3v) is 3.32. The van der Waals surface area contributed by atoms with Crippen LogP contribution in [0.15, 0.2) is 22.7 Å². The van der Waals surface area contributed by atoms with Crippen molar-refractivity contribution >= 4 is 39.4 Å². The number of rotatable bonds is 7. The summed E-state index contributed by atoms with van der Waals surface area (Å²) < 4.78 is 5.93. The lowest BCUT2D eigenvalue weighted by atomic mass is 10.2. The minimum atomic E-state index is -1.05. The van der Waals surface area contributed by atoms with E-state index in [9.17, 15) is 9.59 Å². The van der Waals surface area contributed by atoms with Crippen LogP contribution in [0.1, 0.15) is 19.8 Å². The fourth-order valence-electron chi connectivity index (χ4n) is 1.52. The summed E-state index contributed by atoms with van der Waals surface area (Å²) in [7, 11) is 0. The van der Waals surface area contributed by atoms with Gasteiger partial charge in [-0.15, -0.1) is 0 Å². The van der Waals surface area contributed by atoms with E-state index in [4.69, 9.17) is 21.4 Å². The van der Waals surface area contributed by atoms with Crippen molar-refractivity contribution in [1.82, 2.24) is 5.32 Å². The molecule has 2 N–H and O–H groups in total. The molecule has 0 saturated heterocycles. The van der Waals surface area contributed by atoms with Gasteiger partial charge in [0.2, 0.25) is 0 Å². The highest BCUT2D eigenvalue weighted by atomic mass is 79.9. The van der Waals surface area contributed by atoms with Crippen molar-refractivity contribution in [2.45, 2.75) is 25.8 Å². The largest absolute Gasteiger partial charge is 0.483 e. The summed E-state index contributed by atoms with van der Waals surface area (Å²) in [6.07, 6.45) is 1.05. The molecular weight excluding hydrogens is 350 g/mol. The smallest absolute Gasteiger partial charge is 0.326 e. The number of carbonyl (C=O) groups is 2. The molecule has 0 aliphatic heterocycles. The molecule has 0 spiro atoms. The number of halogens is 2. The van der Waals surface area contributed by atoms with Crippen molar-refractivity contribution in [2.75, 3.05) is 6.61 Å². The van der Waals surface area contributed by atoms with Crippen LogP contribution >= 0.6 is 27.5 Å². The fourth-order valence-corrected chi connectivity index (χ4v) is 2.31. The fraction of sp³-hybridized carbons (Fsp3) is 0.385. The SMILES string of the molecule is CCC[C@@H](NC(=O)COc1ccc(Cl)cc1Br)C(=O)O. The Labute approximate surface area is 130 Å². The number of amides is 1. The summed E-state index contributed by atoms with van der Waals surface area (Å²) >= 11 is 9.05. The molecule has 1 rings (SSSR count). The van der Waals surface area contributed by atoms with Crippen LogP contribution in [0.25, 0.3) is 0 Å². The number of carboxylic acid groups (broad SMARTS) is 1. The highest BCUT2D eigenvalue weighted by Gasteiger charge is 2.19. The first-order chi connectivity index (χ1) is 9.43. The Morgan fingerprint density at radius 2 is 2.20 bits per heavy atom. The predicted molar refractivity (Wildman–Crippen MR) is 79.1 cm³/mol. The molecule has 0 fully saturated rings. The zero-order chi connectivity index (χ0) is 15.1. The quantitative estimate of drug-likeness (QED) is 0.780. The van der Waals surface area contributed by atoms with Gasteiger partial charge in [-0.25, -0.2) is 4.79 Å². The van der Waals surface area contributed by atoms with Gasteiger partial charge in [0.05, 0.1) is 4.47 Å². The van der Waals surface area contributed by atoms with E-state index in [1.165, 1.54) is 0 Å². The maximum absolute atomic E-state index is 11.6.